The van der Waals surface area contributed by atoms with E-state index in [-0.39, 0.29) is 5.91 Å². The van der Waals surface area contributed by atoms with Crippen molar-refractivity contribution in [3.63, 3.8) is 0 Å². The maximum atomic E-state index is 11.6. The number of carbonyl (C=O) groups excluding carboxylic acids is 1. The summed E-state index contributed by atoms with van der Waals surface area (Å²) in [6, 6.07) is 0.549. The Morgan fingerprint density at radius 3 is 2.62 bits per heavy atom. The van der Waals surface area contributed by atoms with Crippen LogP contribution in [0.15, 0.2) is 0 Å². The monoisotopic (exact) mass is 296 g/mol. The van der Waals surface area contributed by atoms with Gasteiger partial charge in [0, 0.05) is 37.6 Å². The predicted molar refractivity (Wildman–Crippen MR) is 85.3 cm³/mol. The van der Waals surface area contributed by atoms with E-state index in [0.29, 0.717) is 24.0 Å². The molecule has 1 amide bonds. The zero-order valence-electron chi connectivity index (χ0n) is 13.7. The van der Waals surface area contributed by atoms with E-state index in [9.17, 15) is 4.79 Å². The number of hydrogen-bond acceptors (Lipinski definition) is 3. The molecule has 2 atom stereocenters. The van der Waals surface area contributed by atoms with E-state index in [4.69, 9.17) is 4.74 Å². The van der Waals surface area contributed by atoms with Gasteiger partial charge < -0.3 is 15.4 Å². The maximum absolute atomic E-state index is 11.6. The molecule has 4 heteroatoms. The average molecular weight is 296 g/mol. The molecule has 0 aliphatic heterocycles. The fourth-order valence-electron chi connectivity index (χ4n) is 4.06. The Balaban J connectivity index is 1.76. The van der Waals surface area contributed by atoms with Crippen molar-refractivity contribution in [3.8, 4) is 0 Å². The van der Waals surface area contributed by atoms with Gasteiger partial charge in [-0.1, -0.05) is 26.2 Å². The van der Waals surface area contributed by atoms with Gasteiger partial charge in [0.1, 0.15) is 0 Å². The van der Waals surface area contributed by atoms with Crippen LogP contribution in [-0.4, -0.2) is 37.7 Å². The quantitative estimate of drug-likeness (QED) is 0.724. The summed E-state index contributed by atoms with van der Waals surface area (Å²) in [7, 11) is 0. The van der Waals surface area contributed by atoms with Crippen LogP contribution >= 0.6 is 0 Å². The van der Waals surface area contributed by atoms with Gasteiger partial charge in [0.15, 0.2) is 0 Å². The lowest BCUT2D eigenvalue weighted by atomic mass is 9.55. The molecule has 0 saturated heterocycles. The highest BCUT2D eigenvalue weighted by molar-refractivity contribution is 5.75. The molecule has 0 bridgehead atoms. The summed E-state index contributed by atoms with van der Waals surface area (Å²) >= 11 is 0. The third-order valence-corrected chi connectivity index (χ3v) is 5.25. The number of carbonyl (C=O) groups is 1. The third kappa shape index (κ3) is 3.98. The molecule has 2 fully saturated rings. The van der Waals surface area contributed by atoms with Crippen LogP contribution < -0.4 is 10.6 Å². The van der Waals surface area contributed by atoms with Crippen molar-refractivity contribution in [2.24, 2.45) is 5.41 Å². The summed E-state index contributed by atoms with van der Waals surface area (Å²) in [6.45, 7) is 6.57. The van der Waals surface area contributed by atoms with Gasteiger partial charge in [0.25, 0.3) is 0 Å². The second kappa shape index (κ2) is 8.14. The number of amides is 1. The summed E-state index contributed by atoms with van der Waals surface area (Å²) in [5, 5.41) is 6.57. The van der Waals surface area contributed by atoms with Crippen LogP contribution in [-0.2, 0) is 9.53 Å². The average Bonchev–Trinajstić information content (AvgIpc) is 2.52. The molecule has 0 heterocycles. The number of nitrogens with one attached hydrogen (secondary N) is 2. The second-order valence-corrected chi connectivity index (χ2v) is 6.58. The first kappa shape index (κ1) is 16.8. The molecule has 0 radical (unpaired) electrons. The highest BCUT2D eigenvalue weighted by Crippen LogP contribution is 2.53. The van der Waals surface area contributed by atoms with Gasteiger partial charge in [0.2, 0.25) is 5.91 Å². The van der Waals surface area contributed by atoms with Crippen LogP contribution in [0.25, 0.3) is 0 Å². The molecule has 2 aliphatic carbocycles. The molecule has 21 heavy (non-hydrogen) atoms. The Labute approximate surface area is 129 Å². The van der Waals surface area contributed by atoms with Crippen molar-refractivity contribution < 1.29 is 9.53 Å². The van der Waals surface area contributed by atoms with E-state index < -0.39 is 0 Å². The molecule has 2 unspecified atom stereocenters. The van der Waals surface area contributed by atoms with Crippen molar-refractivity contribution in [3.05, 3.63) is 0 Å². The largest absolute Gasteiger partial charge is 0.378 e. The van der Waals surface area contributed by atoms with E-state index in [2.05, 4.69) is 24.5 Å². The Morgan fingerprint density at radius 1 is 1.19 bits per heavy atom. The molecule has 2 aliphatic rings. The minimum absolute atomic E-state index is 0.169. The summed E-state index contributed by atoms with van der Waals surface area (Å²) in [4.78, 5) is 11.6. The van der Waals surface area contributed by atoms with E-state index in [1.54, 1.807) is 0 Å². The van der Waals surface area contributed by atoms with Crippen LogP contribution in [0.2, 0.25) is 0 Å². The molecule has 1 spiro atoms. The number of rotatable bonds is 8. The first-order chi connectivity index (χ1) is 10.2. The summed E-state index contributed by atoms with van der Waals surface area (Å²) in [6.07, 6.45) is 9.75. The van der Waals surface area contributed by atoms with Crippen molar-refractivity contribution >= 4 is 5.91 Å². The van der Waals surface area contributed by atoms with Gasteiger partial charge in [0.05, 0.1) is 6.10 Å². The molecule has 0 aromatic rings. The first-order valence-electron chi connectivity index (χ1n) is 8.84. The van der Waals surface area contributed by atoms with Crippen LogP contribution in [0.5, 0.6) is 0 Å². The van der Waals surface area contributed by atoms with Crippen molar-refractivity contribution in [2.75, 3.05) is 19.7 Å². The van der Waals surface area contributed by atoms with Crippen molar-refractivity contribution in [1.29, 1.82) is 0 Å². The minimum atomic E-state index is 0.169. The minimum Gasteiger partial charge on any atom is -0.378 e. The SMILES string of the molecule is CCCNC(=O)CCNC1CC(OCC)C12CCCCC2. The summed E-state index contributed by atoms with van der Waals surface area (Å²) in [5.41, 5.74) is 0.355. The van der Waals surface area contributed by atoms with Crippen LogP contribution in [0.4, 0.5) is 0 Å². The lowest BCUT2D eigenvalue weighted by Crippen LogP contribution is -2.64. The Bertz CT molecular complexity index is 327. The van der Waals surface area contributed by atoms with Crippen LogP contribution in [0, 0.1) is 5.41 Å². The van der Waals surface area contributed by atoms with Crippen molar-refractivity contribution in [1.82, 2.24) is 10.6 Å². The molecule has 0 aromatic heterocycles. The lowest BCUT2D eigenvalue weighted by molar-refractivity contribution is -0.150. The molecule has 2 N–H and O–H groups in total. The topological polar surface area (TPSA) is 50.4 Å². The van der Waals surface area contributed by atoms with Crippen molar-refractivity contribution in [2.45, 2.75) is 77.4 Å². The second-order valence-electron chi connectivity index (χ2n) is 6.58. The van der Waals surface area contributed by atoms with Gasteiger partial charge >= 0.3 is 0 Å². The molecule has 4 nitrogen and oxygen atoms in total. The van der Waals surface area contributed by atoms with Gasteiger partial charge in [-0.25, -0.2) is 0 Å². The fraction of sp³-hybridized carbons (Fsp3) is 0.941. The molecule has 0 aromatic carbocycles. The van der Waals surface area contributed by atoms with Gasteiger partial charge in [-0.15, -0.1) is 0 Å². The van der Waals surface area contributed by atoms with Gasteiger partial charge in [-0.05, 0) is 32.6 Å². The number of hydrogen-bond donors (Lipinski definition) is 2. The zero-order valence-corrected chi connectivity index (χ0v) is 13.7. The number of ether oxygens (including phenoxy) is 1. The van der Waals surface area contributed by atoms with E-state index in [0.717, 1.165) is 32.5 Å². The Hall–Kier alpha value is -0.610. The smallest absolute Gasteiger partial charge is 0.221 e. The highest BCUT2D eigenvalue weighted by Gasteiger charge is 2.55. The fourth-order valence-corrected chi connectivity index (χ4v) is 4.06. The third-order valence-electron chi connectivity index (χ3n) is 5.25. The Morgan fingerprint density at radius 2 is 1.95 bits per heavy atom. The standard InChI is InChI=1S/C17H32N2O2/c1-3-11-19-16(20)8-12-18-14-13-15(21-4-2)17(14)9-6-5-7-10-17/h14-15,18H,3-13H2,1-2H3,(H,19,20). The van der Waals surface area contributed by atoms with E-state index >= 15 is 0 Å². The van der Waals surface area contributed by atoms with Gasteiger partial charge in [-0.2, -0.15) is 0 Å². The summed E-state index contributed by atoms with van der Waals surface area (Å²) < 4.78 is 5.96. The molecule has 122 valence electrons. The predicted octanol–water partition coefficient (Wildman–Crippen LogP) is 2.62. The molecular weight excluding hydrogens is 264 g/mol. The van der Waals surface area contributed by atoms with E-state index in [1.807, 2.05) is 0 Å². The van der Waals surface area contributed by atoms with E-state index in [1.165, 1.54) is 32.1 Å². The highest BCUT2D eigenvalue weighted by atomic mass is 16.5. The molecule has 2 saturated carbocycles. The normalized spacial score (nSPS) is 27.3. The van der Waals surface area contributed by atoms with Crippen LogP contribution in [0.3, 0.4) is 0 Å². The van der Waals surface area contributed by atoms with Gasteiger partial charge in [-0.3, -0.25) is 4.79 Å². The zero-order chi connectivity index (χ0) is 15.1. The maximum Gasteiger partial charge on any atom is 0.221 e. The summed E-state index contributed by atoms with van der Waals surface area (Å²) in [5.74, 6) is 0.169. The Kier molecular flexibility index (Phi) is 6.49. The molecular formula is C17H32N2O2. The molecule has 2 rings (SSSR count). The van der Waals surface area contributed by atoms with Crippen LogP contribution in [0.1, 0.15) is 65.2 Å². The first-order valence-corrected chi connectivity index (χ1v) is 8.84. The lowest BCUT2D eigenvalue weighted by Gasteiger charge is -2.58.